The van der Waals surface area contributed by atoms with Crippen LogP contribution < -0.4 is 15.4 Å². The molecule has 110 valence electrons. The highest BCUT2D eigenvalue weighted by Gasteiger charge is 2.13. The zero-order valence-corrected chi connectivity index (χ0v) is 12.1. The van der Waals surface area contributed by atoms with E-state index in [2.05, 4.69) is 15.4 Å². The maximum Gasteiger partial charge on any atom is 0.240 e. The van der Waals surface area contributed by atoms with Gasteiger partial charge in [-0.1, -0.05) is 0 Å². The molecule has 0 saturated heterocycles. The predicted molar refractivity (Wildman–Crippen MR) is 74.6 cm³/mol. The summed E-state index contributed by atoms with van der Waals surface area (Å²) in [6, 6.07) is 5.75. The van der Waals surface area contributed by atoms with Gasteiger partial charge in [0.25, 0.3) is 0 Å². The number of nitrogens with one attached hydrogen (secondary N) is 3. The molecular formula is C12H17N3O4S. The van der Waals surface area contributed by atoms with Gasteiger partial charge in [-0.3, -0.25) is 9.59 Å². The van der Waals surface area contributed by atoms with Gasteiger partial charge >= 0.3 is 0 Å². The Morgan fingerprint density at radius 2 is 1.75 bits per heavy atom. The summed E-state index contributed by atoms with van der Waals surface area (Å²) in [5.74, 6) is -0.474. The van der Waals surface area contributed by atoms with Crippen molar-refractivity contribution >= 4 is 27.5 Å². The molecule has 0 heterocycles. The second-order valence-electron chi connectivity index (χ2n) is 4.03. The maximum atomic E-state index is 11.9. The number of hydrogen-bond acceptors (Lipinski definition) is 4. The van der Waals surface area contributed by atoms with Crippen LogP contribution in [0.15, 0.2) is 29.2 Å². The Bertz CT molecular complexity index is 581. The summed E-state index contributed by atoms with van der Waals surface area (Å²) < 4.78 is 26.1. The Labute approximate surface area is 117 Å². The van der Waals surface area contributed by atoms with Crippen molar-refractivity contribution in [3.63, 3.8) is 0 Å². The highest BCUT2D eigenvalue weighted by molar-refractivity contribution is 7.89. The first-order valence-corrected chi connectivity index (χ1v) is 7.41. The Morgan fingerprint density at radius 3 is 2.25 bits per heavy atom. The molecule has 8 heteroatoms. The van der Waals surface area contributed by atoms with E-state index in [1.807, 2.05) is 0 Å². The van der Waals surface area contributed by atoms with Crippen LogP contribution in [0, 0.1) is 0 Å². The highest BCUT2D eigenvalue weighted by atomic mass is 32.2. The zero-order valence-electron chi connectivity index (χ0n) is 11.3. The van der Waals surface area contributed by atoms with E-state index in [0.29, 0.717) is 5.69 Å². The molecular weight excluding hydrogens is 282 g/mol. The van der Waals surface area contributed by atoms with Gasteiger partial charge in [0.1, 0.15) is 0 Å². The molecule has 3 N–H and O–H groups in total. The van der Waals surface area contributed by atoms with Crippen LogP contribution in [-0.2, 0) is 19.6 Å². The third-order valence-corrected chi connectivity index (χ3v) is 3.88. The van der Waals surface area contributed by atoms with Gasteiger partial charge in [0.05, 0.1) is 4.90 Å². The SMILES string of the molecule is CNC(=O)CCNS(=O)(=O)c1ccc(NC(C)=O)cc1. The first-order chi connectivity index (χ1) is 9.35. The fourth-order valence-electron chi connectivity index (χ4n) is 1.43. The molecule has 0 atom stereocenters. The summed E-state index contributed by atoms with van der Waals surface area (Å²) in [7, 11) is -2.17. The van der Waals surface area contributed by atoms with Crippen LogP contribution in [0.2, 0.25) is 0 Å². The number of rotatable bonds is 6. The standard InChI is InChI=1S/C12H17N3O4S/c1-9(16)15-10-3-5-11(6-4-10)20(18,19)14-8-7-12(17)13-2/h3-6,14H,7-8H2,1-2H3,(H,13,17)(H,15,16). The van der Waals surface area contributed by atoms with Crippen LogP contribution >= 0.6 is 0 Å². The number of amides is 2. The van der Waals surface area contributed by atoms with Crippen LogP contribution in [0.1, 0.15) is 13.3 Å². The predicted octanol–water partition coefficient (Wildman–Crippen LogP) is 0.0594. The summed E-state index contributed by atoms with van der Waals surface area (Å²) in [6.07, 6.45) is 0.0692. The van der Waals surface area contributed by atoms with Crippen molar-refractivity contribution < 1.29 is 18.0 Å². The summed E-state index contributed by atoms with van der Waals surface area (Å²) in [4.78, 5) is 21.9. The number of sulfonamides is 1. The molecule has 0 aliphatic carbocycles. The topological polar surface area (TPSA) is 104 Å². The molecule has 2 amide bonds. The van der Waals surface area contributed by atoms with Crippen molar-refractivity contribution in [3.8, 4) is 0 Å². The van der Waals surface area contributed by atoms with Crippen molar-refractivity contribution in [1.82, 2.24) is 10.0 Å². The smallest absolute Gasteiger partial charge is 0.240 e. The van der Waals surface area contributed by atoms with E-state index in [-0.39, 0.29) is 29.7 Å². The van der Waals surface area contributed by atoms with Crippen molar-refractivity contribution in [1.29, 1.82) is 0 Å². The van der Waals surface area contributed by atoms with Crippen LogP contribution in [0.4, 0.5) is 5.69 Å². The fourth-order valence-corrected chi connectivity index (χ4v) is 2.46. The highest BCUT2D eigenvalue weighted by Crippen LogP contribution is 2.13. The Kier molecular flexibility index (Phi) is 5.66. The minimum absolute atomic E-state index is 0.0233. The third kappa shape index (κ3) is 4.98. The molecule has 0 fully saturated rings. The molecule has 1 rings (SSSR count). The molecule has 0 aliphatic rings. The number of anilines is 1. The van der Waals surface area contributed by atoms with Gasteiger partial charge in [0, 0.05) is 32.6 Å². The lowest BCUT2D eigenvalue weighted by Gasteiger charge is -2.07. The first-order valence-electron chi connectivity index (χ1n) is 5.93. The van der Waals surface area contributed by atoms with E-state index < -0.39 is 10.0 Å². The van der Waals surface area contributed by atoms with E-state index in [0.717, 1.165) is 0 Å². The van der Waals surface area contributed by atoms with Gasteiger partial charge in [0.15, 0.2) is 0 Å². The molecule has 1 aromatic carbocycles. The average molecular weight is 299 g/mol. The largest absolute Gasteiger partial charge is 0.359 e. The summed E-state index contributed by atoms with van der Waals surface area (Å²) in [5, 5.41) is 4.94. The molecule has 7 nitrogen and oxygen atoms in total. The molecule has 0 unspecified atom stereocenters. The fraction of sp³-hybridized carbons (Fsp3) is 0.333. The lowest BCUT2D eigenvalue weighted by atomic mass is 10.3. The van der Waals surface area contributed by atoms with Crippen LogP contribution in [0.5, 0.6) is 0 Å². The van der Waals surface area contributed by atoms with Gasteiger partial charge in [-0.25, -0.2) is 13.1 Å². The summed E-state index contributed by atoms with van der Waals surface area (Å²) >= 11 is 0. The maximum absolute atomic E-state index is 11.9. The third-order valence-electron chi connectivity index (χ3n) is 2.41. The minimum atomic E-state index is -3.65. The molecule has 0 bridgehead atoms. The second-order valence-corrected chi connectivity index (χ2v) is 5.79. The monoisotopic (exact) mass is 299 g/mol. The normalized spacial score (nSPS) is 10.9. The molecule has 0 aromatic heterocycles. The van der Waals surface area contributed by atoms with Crippen LogP contribution in [0.25, 0.3) is 0 Å². The van der Waals surface area contributed by atoms with Crippen LogP contribution in [0.3, 0.4) is 0 Å². The second kappa shape index (κ2) is 7.01. The lowest BCUT2D eigenvalue weighted by molar-refractivity contribution is -0.120. The quantitative estimate of drug-likeness (QED) is 0.691. The summed E-state index contributed by atoms with van der Waals surface area (Å²) in [5.41, 5.74) is 0.516. The number of carbonyl (C=O) groups is 2. The van der Waals surface area contributed by atoms with Crippen molar-refractivity contribution in [2.75, 3.05) is 18.9 Å². The number of carbonyl (C=O) groups excluding carboxylic acids is 2. The van der Waals surface area contributed by atoms with Crippen molar-refractivity contribution in [2.45, 2.75) is 18.2 Å². The van der Waals surface area contributed by atoms with Gasteiger partial charge in [0.2, 0.25) is 21.8 Å². The first kappa shape index (κ1) is 16.1. The van der Waals surface area contributed by atoms with E-state index in [1.54, 1.807) is 0 Å². The van der Waals surface area contributed by atoms with Gasteiger partial charge in [-0.05, 0) is 24.3 Å². The molecule has 0 spiro atoms. The summed E-state index contributed by atoms with van der Waals surface area (Å²) in [6.45, 7) is 1.39. The lowest BCUT2D eigenvalue weighted by Crippen LogP contribution is -2.29. The van der Waals surface area contributed by atoms with E-state index in [1.165, 1.54) is 38.2 Å². The van der Waals surface area contributed by atoms with Crippen molar-refractivity contribution in [3.05, 3.63) is 24.3 Å². The van der Waals surface area contributed by atoms with Crippen molar-refractivity contribution in [2.24, 2.45) is 0 Å². The number of hydrogen-bond donors (Lipinski definition) is 3. The average Bonchev–Trinajstić information content (AvgIpc) is 2.38. The van der Waals surface area contributed by atoms with Gasteiger partial charge < -0.3 is 10.6 Å². The van der Waals surface area contributed by atoms with E-state index >= 15 is 0 Å². The Hall–Kier alpha value is -1.93. The zero-order chi connectivity index (χ0) is 15.2. The Balaban J connectivity index is 2.68. The Morgan fingerprint density at radius 1 is 1.15 bits per heavy atom. The molecule has 1 aromatic rings. The van der Waals surface area contributed by atoms with Gasteiger partial charge in [-0.15, -0.1) is 0 Å². The molecule has 0 radical (unpaired) electrons. The van der Waals surface area contributed by atoms with E-state index in [9.17, 15) is 18.0 Å². The van der Waals surface area contributed by atoms with Crippen LogP contribution in [-0.4, -0.2) is 33.8 Å². The number of benzene rings is 1. The van der Waals surface area contributed by atoms with E-state index in [4.69, 9.17) is 0 Å². The molecule has 0 saturated carbocycles. The molecule has 0 aliphatic heterocycles. The van der Waals surface area contributed by atoms with Gasteiger partial charge in [-0.2, -0.15) is 0 Å². The molecule has 20 heavy (non-hydrogen) atoms. The minimum Gasteiger partial charge on any atom is -0.359 e.